The largest absolute Gasteiger partial charge is 0.465 e. The molecule has 2 rings (SSSR count). The van der Waals surface area contributed by atoms with Gasteiger partial charge in [0.15, 0.2) is 0 Å². The molecule has 2 aliphatic heterocycles. The zero-order valence-electron chi connectivity index (χ0n) is 23.2. The SMILES string of the molecule is CCCC1(CCC)CCCCOC1=O.CCCCCCC1(CCCCCC)CCCCOC1=O. The number of rotatable bonds is 14. The van der Waals surface area contributed by atoms with E-state index >= 15 is 0 Å². The Kier molecular flexibility index (Phi) is 16.6. The fourth-order valence-electron chi connectivity index (χ4n) is 5.87. The van der Waals surface area contributed by atoms with Crippen molar-refractivity contribution in [2.75, 3.05) is 13.2 Å². The molecule has 2 aliphatic rings. The molecule has 34 heavy (non-hydrogen) atoms. The molecule has 0 atom stereocenters. The molecule has 0 unspecified atom stereocenters. The van der Waals surface area contributed by atoms with Crippen LogP contribution in [0.25, 0.3) is 0 Å². The van der Waals surface area contributed by atoms with Crippen LogP contribution in [0.2, 0.25) is 0 Å². The Hall–Kier alpha value is -1.06. The number of unbranched alkanes of at least 4 members (excludes halogenated alkanes) is 6. The number of hydrogen-bond donors (Lipinski definition) is 0. The van der Waals surface area contributed by atoms with E-state index in [0.717, 1.165) is 77.0 Å². The van der Waals surface area contributed by atoms with Gasteiger partial charge < -0.3 is 9.47 Å². The second kappa shape index (κ2) is 18.2. The molecule has 2 saturated heterocycles. The zero-order valence-corrected chi connectivity index (χ0v) is 23.2. The van der Waals surface area contributed by atoms with E-state index in [-0.39, 0.29) is 22.8 Å². The third-order valence-electron chi connectivity index (χ3n) is 7.91. The first-order chi connectivity index (χ1) is 16.5. The normalized spacial score (nSPS) is 19.8. The lowest BCUT2D eigenvalue weighted by Gasteiger charge is -2.30. The van der Waals surface area contributed by atoms with Crippen molar-refractivity contribution in [3.05, 3.63) is 0 Å². The molecule has 0 bridgehead atoms. The lowest BCUT2D eigenvalue weighted by atomic mass is 9.74. The lowest BCUT2D eigenvalue weighted by molar-refractivity contribution is -0.156. The maximum absolute atomic E-state index is 12.4. The Balaban J connectivity index is 0.000000362. The molecule has 0 aromatic carbocycles. The summed E-state index contributed by atoms with van der Waals surface area (Å²) >= 11 is 0. The molecule has 4 nitrogen and oxygen atoms in total. The van der Waals surface area contributed by atoms with Gasteiger partial charge in [-0.3, -0.25) is 9.59 Å². The van der Waals surface area contributed by atoms with Crippen molar-refractivity contribution in [3.8, 4) is 0 Å². The van der Waals surface area contributed by atoms with E-state index in [1.165, 1.54) is 51.4 Å². The van der Waals surface area contributed by atoms with Crippen molar-refractivity contribution in [3.63, 3.8) is 0 Å². The highest BCUT2D eigenvalue weighted by Crippen LogP contribution is 2.40. The van der Waals surface area contributed by atoms with Crippen LogP contribution < -0.4 is 0 Å². The highest BCUT2D eigenvalue weighted by Gasteiger charge is 2.40. The highest BCUT2D eigenvalue weighted by atomic mass is 16.5. The molecule has 0 spiro atoms. The van der Waals surface area contributed by atoms with E-state index in [1.54, 1.807) is 0 Å². The van der Waals surface area contributed by atoms with Crippen LogP contribution in [0.1, 0.15) is 156 Å². The average molecular weight is 481 g/mol. The summed E-state index contributed by atoms with van der Waals surface area (Å²) < 4.78 is 10.8. The lowest BCUT2D eigenvalue weighted by Crippen LogP contribution is -2.32. The molecule has 0 aromatic heterocycles. The van der Waals surface area contributed by atoms with Crippen LogP contribution in [0, 0.1) is 10.8 Å². The van der Waals surface area contributed by atoms with Crippen LogP contribution >= 0.6 is 0 Å². The number of hydrogen-bond acceptors (Lipinski definition) is 4. The minimum atomic E-state index is -0.141. The van der Waals surface area contributed by atoms with Gasteiger partial charge in [0.25, 0.3) is 0 Å². The summed E-state index contributed by atoms with van der Waals surface area (Å²) in [7, 11) is 0. The molecule has 0 aromatic rings. The van der Waals surface area contributed by atoms with Gasteiger partial charge in [-0.2, -0.15) is 0 Å². The maximum atomic E-state index is 12.4. The average Bonchev–Trinajstić information content (AvgIpc) is 3.12. The van der Waals surface area contributed by atoms with Crippen LogP contribution in [0.5, 0.6) is 0 Å². The molecule has 0 saturated carbocycles. The predicted octanol–water partition coefficient (Wildman–Crippen LogP) is 8.94. The van der Waals surface area contributed by atoms with Gasteiger partial charge in [-0.15, -0.1) is 0 Å². The second-order valence-corrected chi connectivity index (χ2v) is 10.9. The van der Waals surface area contributed by atoms with Crippen LogP contribution in [0.15, 0.2) is 0 Å². The van der Waals surface area contributed by atoms with Crippen molar-refractivity contribution in [2.45, 2.75) is 156 Å². The molecule has 0 radical (unpaired) electrons. The molecule has 2 heterocycles. The monoisotopic (exact) mass is 480 g/mol. The molecule has 200 valence electrons. The molecule has 0 N–H and O–H groups in total. The van der Waals surface area contributed by atoms with Gasteiger partial charge in [-0.1, -0.05) is 91.9 Å². The minimum absolute atomic E-state index is 0.0682. The van der Waals surface area contributed by atoms with E-state index in [1.807, 2.05) is 0 Å². The van der Waals surface area contributed by atoms with Crippen LogP contribution in [0.4, 0.5) is 0 Å². The van der Waals surface area contributed by atoms with Crippen molar-refractivity contribution in [2.24, 2.45) is 10.8 Å². The quantitative estimate of drug-likeness (QED) is 0.184. The van der Waals surface area contributed by atoms with Crippen molar-refractivity contribution >= 4 is 11.9 Å². The fourth-order valence-corrected chi connectivity index (χ4v) is 5.87. The number of carbonyl (C=O) groups excluding carboxylic acids is 2. The van der Waals surface area contributed by atoms with Crippen molar-refractivity contribution in [1.82, 2.24) is 0 Å². The van der Waals surface area contributed by atoms with Crippen LogP contribution in [0.3, 0.4) is 0 Å². The first-order valence-electron chi connectivity index (χ1n) is 14.8. The van der Waals surface area contributed by atoms with Gasteiger partial charge in [0.1, 0.15) is 0 Å². The molecule has 0 aliphatic carbocycles. The summed E-state index contributed by atoms with van der Waals surface area (Å²) in [6, 6.07) is 0. The highest BCUT2D eigenvalue weighted by molar-refractivity contribution is 5.77. The van der Waals surface area contributed by atoms with Crippen LogP contribution in [-0.4, -0.2) is 25.2 Å². The first-order valence-corrected chi connectivity index (χ1v) is 14.8. The van der Waals surface area contributed by atoms with Gasteiger partial charge in [0, 0.05) is 0 Å². The van der Waals surface area contributed by atoms with E-state index in [0.29, 0.717) is 13.2 Å². The van der Waals surface area contributed by atoms with Crippen molar-refractivity contribution in [1.29, 1.82) is 0 Å². The second-order valence-electron chi connectivity index (χ2n) is 10.9. The van der Waals surface area contributed by atoms with E-state index in [4.69, 9.17) is 9.47 Å². The van der Waals surface area contributed by atoms with E-state index < -0.39 is 0 Å². The standard InChI is InChI=1S/C18H34O2.C12H22O2/c1-3-5-7-9-13-18(14-10-8-6-4-2)15-11-12-16-20-17(18)19;1-3-7-12(8-4-2)9-5-6-10-14-11(12)13/h3-16H2,1-2H3;3-10H2,1-2H3. The summed E-state index contributed by atoms with van der Waals surface area (Å²) in [4.78, 5) is 24.3. The van der Waals surface area contributed by atoms with E-state index in [9.17, 15) is 9.59 Å². The molecular weight excluding hydrogens is 424 g/mol. The third kappa shape index (κ3) is 10.7. The van der Waals surface area contributed by atoms with Crippen LogP contribution in [-0.2, 0) is 19.1 Å². The number of cyclic esters (lactones) is 2. The van der Waals surface area contributed by atoms with Gasteiger partial charge in [0.05, 0.1) is 24.0 Å². The molecule has 0 amide bonds. The van der Waals surface area contributed by atoms with Gasteiger partial charge >= 0.3 is 11.9 Å². The Morgan fingerprint density at radius 3 is 1.32 bits per heavy atom. The Morgan fingerprint density at radius 1 is 0.529 bits per heavy atom. The summed E-state index contributed by atoms with van der Waals surface area (Å²) in [6.45, 7) is 10.0. The maximum Gasteiger partial charge on any atom is 0.312 e. The molecular formula is C30H56O4. The first kappa shape index (κ1) is 31.0. The Bertz CT molecular complexity index is 524. The van der Waals surface area contributed by atoms with Gasteiger partial charge in [0.2, 0.25) is 0 Å². The van der Waals surface area contributed by atoms with E-state index in [2.05, 4.69) is 27.7 Å². The predicted molar refractivity (Wildman–Crippen MR) is 142 cm³/mol. The number of carbonyl (C=O) groups is 2. The van der Waals surface area contributed by atoms with Gasteiger partial charge in [-0.25, -0.2) is 0 Å². The number of ether oxygens (including phenoxy) is 2. The summed E-state index contributed by atoms with van der Waals surface area (Å²) in [5.74, 6) is 0.182. The molecule has 2 fully saturated rings. The third-order valence-corrected chi connectivity index (χ3v) is 7.91. The fraction of sp³-hybridized carbons (Fsp3) is 0.933. The zero-order chi connectivity index (χ0) is 25.1. The molecule has 4 heteroatoms. The Morgan fingerprint density at radius 2 is 0.941 bits per heavy atom. The smallest absolute Gasteiger partial charge is 0.312 e. The summed E-state index contributed by atoms with van der Waals surface area (Å²) in [5.41, 5.74) is -0.280. The van der Waals surface area contributed by atoms with Crippen molar-refractivity contribution < 1.29 is 19.1 Å². The number of esters is 2. The summed E-state index contributed by atoms with van der Waals surface area (Å²) in [6.07, 6.45) is 22.8. The topological polar surface area (TPSA) is 52.6 Å². The summed E-state index contributed by atoms with van der Waals surface area (Å²) in [5, 5.41) is 0. The van der Waals surface area contributed by atoms with Gasteiger partial charge in [-0.05, 0) is 64.2 Å². The minimum Gasteiger partial charge on any atom is -0.465 e. The Labute approximate surface area is 211 Å².